The molecule has 8 heteroatoms. The average molecular weight is 376 g/mol. The third-order valence-corrected chi connectivity index (χ3v) is 5.46. The van der Waals surface area contributed by atoms with E-state index in [1.54, 1.807) is 11.8 Å². The van der Waals surface area contributed by atoms with Crippen molar-refractivity contribution in [3.63, 3.8) is 0 Å². The fraction of sp³-hybridized carbons (Fsp3) is 0.211. The summed E-state index contributed by atoms with van der Waals surface area (Å²) in [6.45, 7) is 4.88. The fourth-order valence-electron chi connectivity index (χ4n) is 3.53. The van der Waals surface area contributed by atoms with Crippen LogP contribution in [0.1, 0.15) is 12.6 Å². The molecule has 1 aliphatic rings. The van der Waals surface area contributed by atoms with Gasteiger partial charge in [-0.25, -0.2) is 4.98 Å². The third-order valence-electron chi connectivity index (χ3n) is 4.77. The molecule has 0 N–H and O–H groups in total. The van der Waals surface area contributed by atoms with E-state index in [0.717, 1.165) is 38.6 Å². The largest absolute Gasteiger partial charge is 0.307 e. The van der Waals surface area contributed by atoms with E-state index < -0.39 is 0 Å². The number of nitrogens with zero attached hydrogens (tertiary/aromatic N) is 6. The second kappa shape index (κ2) is 5.95. The molecule has 7 nitrogen and oxygen atoms in total. The monoisotopic (exact) mass is 376 g/mol. The molecule has 1 aliphatic heterocycles. The minimum absolute atomic E-state index is 0.00356. The van der Waals surface area contributed by atoms with Crippen LogP contribution in [0, 0.1) is 6.92 Å². The van der Waals surface area contributed by atoms with Crippen LogP contribution in [-0.2, 0) is 11.3 Å². The highest BCUT2D eigenvalue weighted by Gasteiger charge is 2.30. The zero-order valence-electron chi connectivity index (χ0n) is 14.9. The van der Waals surface area contributed by atoms with E-state index >= 15 is 0 Å². The van der Waals surface area contributed by atoms with E-state index in [9.17, 15) is 4.79 Å². The fourth-order valence-corrected chi connectivity index (χ4v) is 4.13. The van der Waals surface area contributed by atoms with Gasteiger partial charge in [-0.2, -0.15) is 0 Å². The van der Waals surface area contributed by atoms with Crippen molar-refractivity contribution < 1.29 is 4.79 Å². The maximum Gasteiger partial charge on any atom is 0.226 e. The molecule has 0 unspecified atom stereocenters. The summed E-state index contributed by atoms with van der Waals surface area (Å²) in [5.74, 6) is 0.675. The van der Waals surface area contributed by atoms with Crippen LogP contribution in [0.2, 0.25) is 0 Å². The Morgan fingerprint density at radius 1 is 1.15 bits per heavy atom. The molecule has 0 saturated heterocycles. The molecule has 5 rings (SSSR count). The predicted molar refractivity (Wildman–Crippen MR) is 105 cm³/mol. The molecular formula is C19H16N6OS. The maximum absolute atomic E-state index is 12.0. The van der Waals surface area contributed by atoms with Gasteiger partial charge in [0.1, 0.15) is 11.2 Å². The van der Waals surface area contributed by atoms with Crippen LogP contribution in [0.5, 0.6) is 0 Å². The van der Waals surface area contributed by atoms with Gasteiger partial charge in [0.2, 0.25) is 11.9 Å². The maximum atomic E-state index is 12.0. The quantitative estimate of drug-likeness (QED) is 0.536. The van der Waals surface area contributed by atoms with Crippen molar-refractivity contribution >= 4 is 33.6 Å². The molecule has 4 aromatic rings. The molecule has 0 aliphatic carbocycles. The highest BCUT2D eigenvalue weighted by atomic mass is 32.1. The van der Waals surface area contributed by atoms with Crippen molar-refractivity contribution in [2.24, 2.45) is 0 Å². The van der Waals surface area contributed by atoms with E-state index in [2.05, 4.69) is 25.2 Å². The number of pyridine rings is 1. The molecule has 3 aromatic heterocycles. The summed E-state index contributed by atoms with van der Waals surface area (Å²) in [7, 11) is 0. The minimum Gasteiger partial charge on any atom is -0.307 e. The lowest BCUT2D eigenvalue weighted by Crippen LogP contribution is -2.26. The summed E-state index contributed by atoms with van der Waals surface area (Å²) in [6, 6.07) is 12.0. The van der Waals surface area contributed by atoms with E-state index in [1.807, 2.05) is 37.3 Å². The van der Waals surface area contributed by atoms with Crippen molar-refractivity contribution in [1.29, 1.82) is 0 Å². The number of aryl methyl sites for hydroxylation is 1. The van der Waals surface area contributed by atoms with Crippen molar-refractivity contribution in [2.75, 3.05) is 11.4 Å². The summed E-state index contributed by atoms with van der Waals surface area (Å²) in [4.78, 5) is 23.2. The first-order valence-corrected chi connectivity index (χ1v) is 9.44. The van der Waals surface area contributed by atoms with E-state index in [-0.39, 0.29) is 5.91 Å². The van der Waals surface area contributed by atoms with Crippen LogP contribution in [0.15, 0.2) is 36.4 Å². The molecule has 0 bridgehead atoms. The Bertz CT molecular complexity index is 1190. The Kier molecular flexibility index (Phi) is 3.54. The van der Waals surface area contributed by atoms with Crippen LogP contribution in [0.25, 0.3) is 32.9 Å². The number of rotatable bonds is 2. The van der Waals surface area contributed by atoms with Gasteiger partial charge >= 0.3 is 0 Å². The normalized spacial score (nSPS) is 13.3. The molecule has 134 valence electrons. The Morgan fingerprint density at radius 3 is 2.85 bits per heavy atom. The Morgan fingerprint density at radius 2 is 2.04 bits per heavy atom. The molecule has 0 saturated carbocycles. The first-order chi connectivity index (χ1) is 13.1. The number of imidazole rings is 1. The van der Waals surface area contributed by atoms with E-state index in [0.29, 0.717) is 19.0 Å². The Hall–Kier alpha value is -3.13. The molecule has 0 spiro atoms. The van der Waals surface area contributed by atoms with E-state index in [1.165, 1.54) is 11.5 Å². The van der Waals surface area contributed by atoms with Gasteiger partial charge in [0.05, 0.1) is 16.1 Å². The van der Waals surface area contributed by atoms with Crippen LogP contribution in [0.4, 0.5) is 5.95 Å². The van der Waals surface area contributed by atoms with Crippen molar-refractivity contribution in [3.05, 3.63) is 42.1 Å². The number of anilines is 1. The number of hydrogen-bond donors (Lipinski definition) is 0. The number of benzene rings is 1. The Balaban J connectivity index is 1.77. The summed E-state index contributed by atoms with van der Waals surface area (Å²) in [5, 5.41) is 4.12. The molecule has 0 atom stereocenters. The lowest BCUT2D eigenvalue weighted by Gasteiger charge is -2.09. The van der Waals surface area contributed by atoms with Gasteiger partial charge in [-0.15, -0.1) is 5.10 Å². The lowest BCUT2D eigenvalue weighted by atomic mass is 10.1. The lowest BCUT2D eigenvalue weighted by molar-refractivity contribution is -0.116. The van der Waals surface area contributed by atoms with Gasteiger partial charge < -0.3 is 4.57 Å². The number of fused-ring (bicyclic) bond motifs is 2. The standard InChI is InChI=1S/C19H16N6OS/c1-11-4-3-5-15(20-11)17-18(13-6-7-14-16(10-13)27-23-22-14)25-9-8-24(12(2)26)19(25)21-17/h3-7,10H,8-9H2,1-2H3. The molecule has 4 heterocycles. The second-order valence-electron chi connectivity index (χ2n) is 6.55. The van der Waals surface area contributed by atoms with Crippen LogP contribution in [-0.4, -0.2) is 36.6 Å². The van der Waals surface area contributed by atoms with Gasteiger partial charge in [0, 0.05) is 31.3 Å². The summed E-state index contributed by atoms with van der Waals surface area (Å²) in [6.07, 6.45) is 0. The predicted octanol–water partition coefficient (Wildman–Crippen LogP) is 3.29. The summed E-state index contributed by atoms with van der Waals surface area (Å²) >= 11 is 1.37. The number of amides is 1. The number of carbonyl (C=O) groups is 1. The molecular weight excluding hydrogens is 360 g/mol. The van der Waals surface area contributed by atoms with Crippen molar-refractivity contribution in [2.45, 2.75) is 20.4 Å². The molecule has 0 fully saturated rings. The van der Waals surface area contributed by atoms with Crippen LogP contribution >= 0.6 is 11.5 Å². The van der Waals surface area contributed by atoms with Gasteiger partial charge in [-0.1, -0.05) is 16.6 Å². The third kappa shape index (κ3) is 2.52. The topological polar surface area (TPSA) is 76.8 Å². The second-order valence-corrected chi connectivity index (χ2v) is 7.34. The summed E-state index contributed by atoms with van der Waals surface area (Å²) < 4.78 is 7.16. The Labute approximate surface area is 159 Å². The van der Waals surface area contributed by atoms with Crippen molar-refractivity contribution in [1.82, 2.24) is 24.1 Å². The number of carbonyl (C=O) groups excluding carboxylic acids is 1. The van der Waals surface area contributed by atoms with E-state index in [4.69, 9.17) is 4.98 Å². The molecule has 1 amide bonds. The van der Waals surface area contributed by atoms with Crippen LogP contribution in [0.3, 0.4) is 0 Å². The molecule has 1 aromatic carbocycles. The highest BCUT2D eigenvalue weighted by molar-refractivity contribution is 7.12. The minimum atomic E-state index is -0.00356. The molecule has 0 radical (unpaired) electrons. The van der Waals surface area contributed by atoms with Gasteiger partial charge in [0.25, 0.3) is 0 Å². The smallest absolute Gasteiger partial charge is 0.226 e. The van der Waals surface area contributed by atoms with Crippen molar-refractivity contribution in [3.8, 4) is 22.6 Å². The highest BCUT2D eigenvalue weighted by Crippen LogP contribution is 2.38. The SMILES string of the molecule is CC(=O)N1CCn2c1nc(-c1cccc(C)n1)c2-c1ccc2nnsc2c1. The molecule has 27 heavy (non-hydrogen) atoms. The first-order valence-electron chi connectivity index (χ1n) is 8.67. The summed E-state index contributed by atoms with van der Waals surface area (Å²) in [5.41, 5.74) is 5.40. The number of aromatic nitrogens is 5. The first kappa shape index (κ1) is 16.1. The van der Waals surface area contributed by atoms with Gasteiger partial charge in [0.15, 0.2) is 0 Å². The average Bonchev–Trinajstić information content (AvgIpc) is 3.35. The van der Waals surface area contributed by atoms with Crippen LogP contribution < -0.4 is 4.90 Å². The van der Waals surface area contributed by atoms with Gasteiger partial charge in [-0.3, -0.25) is 14.7 Å². The zero-order valence-corrected chi connectivity index (χ0v) is 15.7. The van der Waals surface area contributed by atoms with Gasteiger partial charge in [-0.05, 0) is 42.7 Å². The number of hydrogen-bond acceptors (Lipinski definition) is 6. The zero-order chi connectivity index (χ0) is 18.5.